The van der Waals surface area contributed by atoms with Crippen LogP contribution >= 0.6 is 58.1 Å². The molecule has 4 aromatic rings. The van der Waals surface area contributed by atoms with Crippen LogP contribution in [0.4, 0.5) is 5.13 Å². The Balaban J connectivity index is 1.49. The third-order valence-electron chi connectivity index (χ3n) is 4.80. The van der Waals surface area contributed by atoms with E-state index >= 15 is 0 Å². The number of aryl methyl sites for hydroxylation is 1. The number of halogens is 2. The molecule has 2 N–H and O–H groups in total. The minimum atomic E-state index is -0.369. The predicted molar refractivity (Wildman–Crippen MR) is 149 cm³/mol. The topological polar surface area (TPSA) is 115 Å². The molecule has 0 unspecified atom stereocenters. The summed E-state index contributed by atoms with van der Waals surface area (Å²) < 4.78 is 2.62. The van der Waals surface area contributed by atoms with Crippen LogP contribution in [0.5, 0.6) is 0 Å². The Hall–Kier alpha value is -2.64. The number of carbonyl (C=O) groups is 2. The van der Waals surface area contributed by atoms with E-state index < -0.39 is 0 Å². The maximum absolute atomic E-state index is 12.7. The van der Waals surface area contributed by atoms with E-state index in [1.807, 2.05) is 42.7 Å². The lowest BCUT2D eigenvalue weighted by Crippen LogP contribution is -2.25. The van der Waals surface area contributed by atoms with Crippen LogP contribution in [0.15, 0.2) is 52.0 Å². The zero-order chi connectivity index (χ0) is 26.4. The first-order chi connectivity index (χ1) is 17.8. The van der Waals surface area contributed by atoms with Crippen molar-refractivity contribution in [1.82, 2.24) is 30.3 Å². The van der Waals surface area contributed by atoms with E-state index in [1.54, 1.807) is 23.9 Å². The summed E-state index contributed by atoms with van der Waals surface area (Å²) in [6.45, 7) is 4.09. The fourth-order valence-electron chi connectivity index (χ4n) is 3.19. The van der Waals surface area contributed by atoms with E-state index in [-0.39, 0.29) is 29.1 Å². The number of aromatic nitrogens is 5. The lowest BCUT2D eigenvalue weighted by atomic mass is 10.2. The quantitative estimate of drug-likeness (QED) is 0.183. The molecule has 9 nitrogen and oxygen atoms in total. The van der Waals surface area contributed by atoms with E-state index in [1.165, 1.54) is 29.2 Å². The van der Waals surface area contributed by atoms with Gasteiger partial charge in [-0.3, -0.25) is 19.5 Å². The summed E-state index contributed by atoms with van der Waals surface area (Å²) in [4.78, 5) is 25.3. The molecule has 37 heavy (non-hydrogen) atoms. The number of hydrogen-bond donors (Lipinski definition) is 2. The van der Waals surface area contributed by atoms with Gasteiger partial charge in [-0.05, 0) is 48.6 Å². The summed E-state index contributed by atoms with van der Waals surface area (Å²) in [5.74, 6) is 0.860. The fraction of sp³-hybridized carbons (Fsp3) is 0.217. The molecular weight excluding hydrogens is 573 g/mol. The molecule has 0 radical (unpaired) electrons. The van der Waals surface area contributed by atoms with Crippen LogP contribution in [-0.4, -0.2) is 48.3 Å². The molecule has 0 aliphatic rings. The third-order valence-corrected chi connectivity index (χ3v) is 8.13. The van der Waals surface area contributed by atoms with Gasteiger partial charge in [0.2, 0.25) is 11.0 Å². The van der Waals surface area contributed by atoms with Crippen LogP contribution in [0.2, 0.25) is 10.0 Å². The van der Waals surface area contributed by atoms with E-state index in [0.717, 1.165) is 21.3 Å². The Morgan fingerprint density at radius 2 is 1.89 bits per heavy atom. The molecule has 192 valence electrons. The van der Waals surface area contributed by atoms with E-state index in [9.17, 15) is 9.59 Å². The molecule has 0 atom stereocenters. The molecule has 0 saturated carbocycles. The molecule has 0 aliphatic heterocycles. The number of nitrogens with one attached hydrogen (secondary N) is 2. The number of thioether (sulfide) groups is 2. The molecule has 0 fully saturated rings. The number of rotatable bonds is 10. The zero-order valence-corrected chi connectivity index (χ0v) is 23.7. The van der Waals surface area contributed by atoms with E-state index in [4.69, 9.17) is 23.2 Å². The molecule has 0 aliphatic carbocycles. The SMILES string of the molecule is CCSc1nnc(NC(=O)CSc2nnc(CNC(=O)c3ccc(Cl)cc3Cl)n2-c2cccc(C)c2)s1. The minimum absolute atomic E-state index is 0.0898. The molecule has 0 bridgehead atoms. The van der Waals surface area contributed by atoms with E-state index in [2.05, 4.69) is 31.0 Å². The maximum atomic E-state index is 12.7. The Kier molecular flexibility index (Phi) is 9.43. The molecule has 4 rings (SSSR count). The van der Waals surface area contributed by atoms with Crippen molar-refractivity contribution in [3.63, 3.8) is 0 Å². The first-order valence-corrected chi connectivity index (χ1v) is 14.5. The van der Waals surface area contributed by atoms with Crippen molar-refractivity contribution in [3.05, 3.63) is 69.5 Å². The largest absolute Gasteiger partial charge is 0.345 e. The van der Waals surface area contributed by atoms with Crippen molar-refractivity contribution in [2.24, 2.45) is 0 Å². The van der Waals surface area contributed by atoms with Gasteiger partial charge in [-0.1, -0.05) is 77.1 Å². The van der Waals surface area contributed by atoms with Gasteiger partial charge in [0.25, 0.3) is 5.91 Å². The maximum Gasteiger partial charge on any atom is 0.253 e. The highest BCUT2D eigenvalue weighted by molar-refractivity contribution is 8.01. The lowest BCUT2D eigenvalue weighted by Gasteiger charge is -2.12. The van der Waals surface area contributed by atoms with Gasteiger partial charge in [-0.15, -0.1) is 20.4 Å². The summed E-state index contributed by atoms with van der Waals surface area (Å²) in [5.41, 5.74) is 2.16. The first-order valence-electron chi connectivity index (χ1n) is 11.0. The number of benzene rings is 2. The predicted octanol–water partition coefficient (Wildman–Crippen LogP) is 5.51. The van der Waals surface area contributed by atoms with Crippen LogP contribution in [0.1, 0.15) is 28.7 Å². The van der Waals surface area contributed by atoms with Gasteiger partial charge in [-0.25, -0.2) is 0 Å². The summed E-state index contributed by atoms with van der Waals surface area (Å²) in [7, 11) is 0. The van der Waals surface area contributed by atoms with Gasteiger partial charge in [0, 0.05) is 10.7 Å². The normalized spacial score (nSPS) is 10.9. The van der Waals surface area contributed by atoms with Crippen LogP contribution in [-0.2, 0) is 11.3 Å². The molecule has 2 heterocycles. The minimum Gasteiger partial charge on any atom is -0.345 e. The summed E-state index contributed by atoms with van der Waals surface area (Å²) >= 11 is 16.2. The van der Waals surface area contributed by atoms with Crippen molar-refractivity contribution >= 4 is 75.0 Å². The smallest absolute Gasteiger partial charge is 0.253 e. The number of hydrogen-bond acceptors (Lipinski definition) is 9. The summed E-state index contributed by atoms with van der Waals surface area (Å²) in [6, 6.07) is 12.5. The van der Waals surface area contributed by atoms with Crippen molar-refractivity contribution in [3.8, 4) is 5.69 Å². The molecule has 0 spiro atoms. The standard InChI is InChI=1S/C23H21Cl2N7O2S3/c1-3-35-23-31-29-21(37-23)27-19(33)12-36-22-30-28-18(32(22)15-6-4-5-13(2)9-15)11-26-20(34)16-8-7-14(24)10-17(16)25/h4-10H,3,11-12H2,1-2H3,(H,26,34)(H,27,29,33). The van der Waals surface area contributed by atoms with Gasteiger partial charge in [0.05, 0.1) is 22.9 Å². The molecule has 2 aromatic heterocycles. The zero-order valence-electron chi connectivity index (χ0n) is 19.7. The monoisotopic (exact) mass is 593 g/mol. The molecular formula is C23H21Cl2N7O2S3. The van der Waals surface area contributed by atoms with Crippen LogP contribution in [0, 0.1) is 6.92 Å². The average molecular weight is 595 g/mol. The Morgan fingerprint density at radius 1 is 1.05 bits per heavy atom. The highest BCUT2D eigenvalue weighted by Gasteiger charge is 2.18. The molecule has 2 aromatic carbocycles. The fourth-order valence-corrected chi connectivity index (χ4v) is 6.12. The second-order valence-electron chi connectivity index (χ2n) is 7.52. The number of carbonyl (C=O) groups excluding carboxylic acids is 2. The van der Waals surface area contributed by atoms with Gasteiger partial charge in [0.15, 0.2) is 15.3 Å². The van der Waals surface area contributed by atoms with Gasteiger partial charge in [-0.2, -0.15) is 0 Å². The lowest BCUT2D eigenvalue weighted by molar-refractivity contribution is -0.113. The van der Waals surface area contributed by atoms with Crippen molar-refractivity contribution < 1.29 is 9.59 Å². The Bertz CT molecular complexity index is 1430. The number of anilines is 1. The number of amides is 2. The van der Waals surface area contributed by atoms with E-state index in [0.29, 0.717) is 26.7 Å². The summed E-state index contributed by atoms with van der Waals surface area (Å²) in [5, 5.41) is 23.9. The highest BCUT2D eigenvalue weighted by Crippen LogP contribution is 2.27. The average Bonchev–Trinajstić information content (AvgIpc) is 3.48. The van der Waals surface area contributed by atoms with Crippen LogP contribution in [0.3, 0.4) is 0 Å². The van der Waals surface area contributed by atoms with Crippen molar-refractivity contribution in [2.75, 3.05) is 16.8 Å². The molecule has 0 saturated heterocycles. The first kappa shape index (κ1) is 27.4. The van der Waals surface area contributed by atoms with Gasteiger partial charge >= 0.3 is 0 Å². The second-order valence-corrected chi connectivity index (χ2v) is 11.8. The van der Waals surface area contributed by atoms with Crippen molar-refractivity contribution in [1.29, 1.82) is 0 Å². The third kappa shape index (κ3) is 7.23. The highest BCUT2D eigenvalue weighted by atomic mass is 35.5. The van der Waals surface area contributed by atoms with Crippen LogP contribution < -0.4 is 10.6 Å². The van der Waals surface area contributed by atoms with Crippen molar-refractivity contribution in [2.45, 2.75) is 29.9 Å². The summed E-state index contributed by atoms with van der Waals surface area (Å²) in [6.07, 6.45) is 0. The Morgan fingerprint density at radius 3 is 2.65 bits per heavy atom. The Labute approximate surface area is 235 Å². The van der Waals surface area contributed by atoms with Crippen LogP contribution in [0.25, 0.3) is 5.69 Å². The van der Waals surface area contributed by atoms with Gasteiger partial charge < -0.3 is 5.32 Å². The molecule has 2 amide bonds. The number of nitrogens with zero attached hydrogens (tertiary/aromatic N) is 5. The second kappa shape index (κ2) is 12.7. The molecule has 14 heteroatoms. The van der Waals surface area contributed by atoms with Gasteiger partial charge in [0.1, 0.15) is 0 Å².